The molecule has 5 heteroatoms. The van der Waals surface area contributed by atoms with E-state index in [1.165, 1.54) is 18.2 Å². The normalized spacial score (nSPS) is 11.1. The first-order valence-corrected chi connectivity index (χ1v) is 8.55. The Hall–Kier alpha value is -2.95. The summed E-state index contributed by atoms with van der Waals surface area (Å²) in [5, 5.41) is 0.904. The molecule has 1 amide bonds. The number of carbonyl (C=O) groups excluding carboxylic acids is 1. The van der Waals surface area contributed by atoms with Crippen LogP contribution in [-0.4, -0.2) is 21.8 Å². The Morgan fingerprint density at radius 1 is 1.15 bits per heavy atom. The number of hydrogen-bond donors (Lipinski definition) is 1. The van der Waals surface area contributed by atoms with Crippen LogP contribution in [0.5, 0.6) is 0 Å². The second kappa shape index (κ2) is 7.12. The number of carbonyl (C=O) groups is 1. The lowest BCUT2D eigenvalue weighted by molar-refractivity contribution is 0.0691. The largest absolute Gasteiger partial charge is 0.332 e. The summed E-state index contributed by atoms with van der Waals surface area (Å²) < 4.78 is 13.5. The highest BCUT2D eigenvalue weighted by Gasteiger charge is 2.21. The summed E-state index contributed by atoms with van der Waals surface area (Å²) in [4.78, 5) is 29.5. The van der Waals surface area contributed by atoms with Gasteiger partial charge in [0.1, 0.15) is 5.82 Å². The summed E-state index contributed by atoms with van der Waals surface area (Å²) in [6.45, 7) is 5.78. The smallest absolute Gasteiger partial charge is 0.254 e. The van der Waals surface area contributed by atoms with Gasteiger partial charge in [-0.1, -0.05) is 18.2 Å². The Balaban J connectivity index is 2.01. The number of H-pyrrole nitrogens is 1. The third-order valence-electron chi connectivity index (χ3n) is 4.47. The van der Waals surface area contributed by atoms with Gasteiger partial charge in [-0.25, -0.2) is 4.39 Å². The molecule has 0 saturated heterocycles. The van der Waals surface area contributed by atoms with Gasteiger partial charge in [0.15, 0.2) is 0 Å². The number of hydrogen-bond acceptors (Lipinski definition) is 2. The van der Waals surface area contributed by atoms with Gasteiger partial charge in [-0.05, 0) is 56.2 Å². The molecule has 0 saturated carbocycles. The van der Waals surface area contributed by atoms with E-state index < -0.39 is 0 Å². The molecule has 4 nitrogen and oxygen atoms in total. The zero-order chi connectivity index (χ0) is 18.8. The number of aromatic nitrogens is 1. The van der Waals surface area contributed by atoms with Crippen LogP contribution in [0.2, 0.25) is 0 Å². The van der Waals surface area contributed by atoms with Crippen molar-refractivity contribution in [2.75, 3.05) is 0 Å². The van der Waals surface area contributed by atoms with E-state index in [1.54, 1.807) is 17.9 Å². The van der Waals surface area contributed by atoms with Crippen LogP contribution in [-0.2, 0) is 6.54 Å². The molecule has 0 radical (unpaired) electrons. The number of rotatable bonds is 4. The number of aryl methyl sites for hydroxylation is 1. The molecule has 0 spiro atoms. The first kappa shape index (κ1) is 17.9. The van der Waals surface area contributed by atoms with Crippen molar-refractivity contribution in [2.24, 2.45) is 0 Å². The van der Waals surface area contributed by atoms with Gasteiger partial charge in [-0.15, -0.1) is 0 Å². The van der Waals surface area contributed by atoms with E-state index in [1.807, 2.05) is 38.1 Å². The lowest BCUT2D eigenvalue weighted by Crippen LogP contribution is -2.36. The molecule has 0 bridgehead atoms. The first-order valence-electron chi connectivity index (χ1n) is 8.55. The van der Waals surface area contributed by atoms with Crippen molar-refractivity contribution in [1.82, 2.24) is 9.88 Å². The van der Waals surface area contributed by atoms with Crippen LogP contribution in [0.25, 0.3) is 10.9 Å². The van der Waals surface area contributed by atoms with E-state index >= 15 is 0 Å². The zero-order valence-corrected chi connectivity index (χ0v) is 15.0. The van der Waals surface area contributed by atoms with Crippen molar-refractivity contribution in [2.45, 2.75) is 33.4 Å². The first-order chi connectivity index (χ1) is 12.4. The maximum atomic E-state index is 13.5. The van der Waals surface area contributed by atoms with Crippen LogP contribution in [0.1, 0.15) is 35.3 Å². The molecule has 0 unspecified atom stereocenters. The van der Waals surface area contributed by atoms with Crippen LogP contribution >= 0.6 is 0 Å². The third kappa shape index (κ3) is 3.52. The van der Waals surface area contributed by atoms with Crippen molar-refractivity contribution >= 4 is 16.8 Å². The standard InChI is InChI=1S/C21H21FN2O2/c1-13(2)24(21(26)15-8-9-18(22)14(3)10-15)12-16-11-20(25)23-19-7-5-4-6-17(16)19/h4-11,13H,12H2,1-3H3,(H,23,25). The van der Waals surface area contributed by atoms with Crippen LogP contribution in [0, 0.1) is 12.7 Å². The van der Waals surface area contributed by atoms with Crippen molar-refractivity contribution in [3.63, 3.8) is 0 Å². The Kier molecular flexibility index (Phi) is 4.89. The number of nitrogens with zero attached hydrogens (tertiary/aromatic N) is 1. The number of amides is 1. The van der Waals surface area contributed by atoms with Gasteiger partial charge in [0.2, 0.25) is 5.56 Å². The summed E-state index contributed by atoms with van der Waals surface area (Å²) in [6.07, 6.45) is 0. The molecule has 2 aromatic carbocycles. The van der Waals surface area contributed by atoms with Crippen molar-refractivity contribution in [3.8, 4) is 0 Å². The van der Waals surface area contributed by atoms with Crippen molar-refractivity contribution in [1.29, 1.82) is 0 Å². The Morgan fingerprint density at radius 2 is 1.88 bits per heavy atom. The molecule has 0 atom stereocenters. The van der Waals surface area contributed by atoms with Crippen molar-refractivity contribution in [3.05, 3.63) is 81.4 Å². The van der Waals surface area contributed by atoms with E-state index in [4.69, 9.17) is 0 Å². The Morgan fingerprint density at radius 3 is 2.58 bits per heavy atom. The van der Waals surface area contributed by atoms with Gasteiger partial charge in [0, 0.05) is 35.1 Å². The fourth-order valence-electron chi connectivity index (χ4n) is 3.02. The van der Waals surface area contributed by atoms with Gasteiger partial charge >= 0.3 is 0 Å². The number of aromatic amines is 1. The second-order valence-electron chi connectivity index (χ2n) is 6.70. The summed E-state index contributed by atoms with van der Waals surface area (Å²) >= 11 is 0. The van der Waals surface area contributed by atoms with Gasteiger partial charge in [0.05, 0.1) is 0 Å². The topological polar surface area (TPSA) is 53.2 Å². The number of fused-ring (bicyclic) bond motifs is 1. The van der Waals surface area contributed by atoms with Gasteiger partial charge in [0.25, 0.3) is 5.91 Å². The summed E-state index contributed by atoms with van der Waals surface area (Å²) in [5.74, 6) is -0.523. The SMILES string of the molecule is Cc1cc(C(=O)N(Cc2cc(=O)[nH]c3ccccc23)C(C)C)ccc1F. The molecule has 0 fully saturated rings. The predicted octanol–water partition coefficient (Wildman–Crippen LogP) is 4.03. The molecule has 0 aliphatic rings. The van der Waals surface area contributed by atoms with E-state index in [0.717, 1.165) is 16.5 Å². The summed E-state index contributed by atoms with van der Waals surface area (Å²) in [5.41, 5.74) is 2.19. The predicted molar refractivity (Wildman–Crippen MR) is 101 cm³/mol. The van der Waals surface area contributed by atoms with Crippen LogP contribution in [0.15, 0.2) is 53.3 Å². The van der Waals surface area contributed by atoms with E-state index in [2.05, 4.69) is 4.98 Å². The van der Waals surface area contributed by atoms with Crippen LogP contribution in [0.4, 0.5) is 4.39 Å². The van der Waals surface area contributed by atoms with Crippen LogP contribution < -0.4 is 5.56 Å². The Bertz CT molecular complexity index is 1020. The highest BCUT2D eigenvalue weighted by atomic mass is 19.1. The average molecular weight is 352 g/mol. The molecule has 3 aromatic rings. The van der Waals surface area contributed by atoms with Gasteiger partial charge in [-0.3, -0.25) is 9.59 Å². The third-order valence-corrected chi connectivity index (χ3v) is 4.47. The fourth-order valence-corrected chi connectivity index (χ4v) is 3.02. The molecule has 1 aromatic heterocycles. The zero-order valence-electron chi connectivity index (χ0n) is 15.0. The summed E-state index contributed by atoms with van der Waals surface area (Å²) in [7, 11) is 0. The quantitative estimate of drug-likeness (QED) is 0.771. The maximum absolute atomic E-state index is 13.5. The molecular formula is C21H21FN2O2. The molecule has 134 valence electrons. The van der Waals surface area contributed by atoms with E-state index in [-0.39, 0.29) is 23.3 Å². The number of benzene rings is 2. The molecular weight excluding hydrogens is 331 g/mol. The average Bonchev–Trinajstić information content (AvgIpc) is 2.60. The maximum Gasteiger partial charge on any atom is 0.254 e. The van der Waals surface area contributed by atoms with E-state index in [9.17, 15) is 14.0 Å². The van der Waals surface area contributed by atoms with Gasteiger partial charge in [-0.2, -0.15) is 0 Å². The molecule has 26 heavy (non-hydrogen) atoms. The Labute approximate surface area is 151 Å². The van der Waals surface area contributed by atoms with Gasteiger partial charge < -0.3 is 9.88 Å². The fraction of sp³-hybridized carbons (Fsp3) is 0.238. The minimum atomic E-state index is -0.335. The second-order valence-corrected chi connectivity index (χ2v) is 6.70. The molecule has 3 rings (SSSR count). The molecule has 0 aliphatic heterocycles. The molecule has 0 aliphatic carbocycles. The van der Waals surface area contributed by atoms with Crippen molar-refractivity contribution < 1.29 is 9.18 Å². The minimum absolute atomic E-state index is 0.0779. The lowest BCUT2D eigenvalue weighted by Gasteiger charge is -2.27. The lowest BCUT2D eigenvalue weighted by atomic mass is 10.1. The molecule has 1 heterocycles. The number of halogens is 1. The summed E-state index contributed by atoms with van der Waals surface area (Å²) in [6, 6.07) is 13.3. The minimum Gasteiger partial charge on any atom is -0.332 e. The number of nitrogens with one attached hydrogen (secondary N) is 1. The van der Waals surface area contributed by atoms with Crippen LogP contribution in [0.3, 0.4) is 0 Å². The highest BCUT2D eigenvalue weighted by Crippen LogP contribution is 2.20. The van der Waals surface area contributed by atoms with E-state index in [0.29, 0.717) is 17.7 Å². The monoisotopic (exact) mass is 352 g/mol. The molecule has 1 N–H and O–H groups in total. The number of para-hydroxylation sites is 1. The number of pyridine rings is 1. The highest BCUT2D eigenvalue weighted by molar-refractivity contribution is 5.95.